The Labute approximate surface area is 166 Å². The first-order chi connectivity index (χ1) is 13.5. The molecule has 0 aliphatic carbocycles. The van der Waals surface area contributed by atoms with Gasteiger partial charge in [-0.25, -0.2) is 9.07 Å². The van der Waals surface area contributed by atoms with E-state index in [1.165, 1.54) is 28.6 Å². The summed E-state index contributed by atoms with van der Waals surface area (Å²) in [6.07, 6.45) is 0. The number of aromatic nitrogens is 3. The maximum Gasteiger partial charge on any atom is 0.237 e. The monoisotopic (exact) mass is 401 g/mol. The Balaban J connectivity index is 1.69. The Morgan fingerprint density at radius 2 is 1.86 bits per heavy atom. The molecule has 0 unspecified atom stereocenters. The van der Waals surface area contributed by atoms with Gasteiger partial charge in [-0.15, -0.1) is 10.2 Å². The van der Waals surface area contributed by atoms with E-state index in [2.05, 4.69) is 10.2 Å². The van der Waals surface area contributed by atoms with Crippen LogP contribution in [0.1, 0.15) is 6.92 Å². The smallest absolute Gasteiger partial charge is 0.237 e. The minimum atomic E-state index is -0.344. The van der Waals surface area contributed by atoms with Crippen molar-refractivity contribution < 1.29 is 13.9 Å². The number of thioether (sulfide) groups is 1. The maximum atomic E-state index is 13.1. The summed E-state index contributed by atoms with van der Waals surface area (Å²) in [5.74, 6) is 6.97. The number of ether oxygens (including phenoxy) is 1. The number of rotatable bonds is 7. The molecule has 1 amide bonds. The van der Waals surface area contributed by atoms with Gasteiger partial charge in [0.1, 0.15) is 11.6 Å². The molecule has 9 heteroatoms. The van der Waals surface area contributed by atoms with Crippen LogP contribution in [-0.4, -0.2) is 40.2 Å². The van der Waals surface area contributed by atoms with Crippen molar-refractivity contribution in [3.63, 3.8) is 0 Å². The third-order valence-electron chi connectivity index (χ3n) is 4.09. The van der Waals surface area contributed by atoms with Gasteiger partial charge in [-0.3, -0.25) is 4.79 Å². The molecule has 0 aliphatic heterocycles. The van der Waals surface area contributed by atoms with Crippen LogP contribution in [0.15, 0.2) is 53.7 Å². The van der Waals surface area contributed by atoms with Crippen LogP contribution >= 0.6 is 11.8 Å². The zero-order valence-corrected chi connectivity index (χ0v) is 16.3. The van der Waals surface area contributed by atoms with Crippen LogP contribution in [0.5, 0.6) is 5.75 Å². The summed E-state index contributed by atoms with van der Waals surface area (Å²) < 4.78 is 19.6. The fraction of sp³-hybridized carbons (Fsp3) is 0.211. The largest absolute Gasteiger partial charge is 0.497 e. The normalized spacial score (nSPS) is 10.7. The Morgan fingerprint density at radius 1 is 1.18 bits per heavy atom. The van der Waals surface area contributed by atoms with Gasteiger partial charge in [-0.05, 0) is 55.5 Å². The van der Waals surface area contributed by atoms with E-state index < -0.39 is 0 Å². The number of hydrogen-bond acceptors (Lipinski definition) is 6. The van der Waals surface area contributed by atoms with Crippen molar-refractivity contribution in [2.24, 2.45) is 0 Å². The summed E-state index contributed by atoms with van der Waals surface area (Å²) in [7, 11) is 1.59. The van der Waals surface area contributed by atoms with Gasteiger partial charge in [0.25, 0.3) is 0 Å². The molecule has 1 heterocycles. The molecular formula is C19H20FN5O2S. The Kier molecular flexibility index (Phi) is 6.15. The zero-order chi connectivity index (χ0) is 20.1. The molecule has 0 spiro atoms. The molecule has 0 saturated carbocycles. The van der Waals surface area contributed by atoms with Gasteiger partial charge in [-0.2, -0.15) is 0 Å². The number of methoxy groups -OCH3 is 1. The molecule has 7 nitrogen and oxygen atoms in total. The van der Waals surface area contributed by atoms with E-state index in [4.69, 9.17) is 10.6 Å². The molecule has 0 saturated heterocycles. The maximum absolute atomic E-state index is 13.1. The van der Waals surface area contributed by atoms with Crippen LogP contribution in [-0.2, 0) is 4.79 Å². The summed E-state index contributed by atoms with van der Waals surface area (Å²) >= 11 is 1.19. The van der Waals surface area contributed by atoms with Crippen molar-refractivity contribution in [1.29, 1.82) is 0 Å². The first-order valence-electron chi connectivity index (χ1n) is 8.57. The standard InChI is InChI=1S/C19H20FN5O2S/c1-3-24(15-8-6-14(20)7-9-15)17(26)12-28-19-23-22-18(25(19)21)13-4-10-16(27-2)11-5-13/h4-11H,3,12,21H2,1-2H3. The Morgan fingerprint density at radius 3 is 2.46 bits per heavy atom. The van der Waals surface area contributed by atoms with E-state index in [0.717, 1.165) is 11.3 Å². The van der Waals surface area contributed by atoms with Gasteiger partial charge in [0.2, 0.25) is 11.1 Å². The van der Waals surface area contributed by atoms with Gasteiger partial charge in [0.05, 0.1) is 12.9 Å². The van der Waals surface area contributed by atoms with Crippen molar-refractivity contribution in [3.05, 3.63) is 54.3 Å². The lowest BCUT2D eigenvalue weighted by atomic mass is 10.2. The molecule has 28 heavy (non-hydrogen) atoms. The van der Waals surface area contributed by atoms with Crippen LogP contribution < -0.4 is 15.5 Å². The molecule has 2 N–H and O–H groups in total. The molecule has 3 aromatic rings. The predicted octanol–water partition coefficient (Wildman–Crippen LogP) is 2.95. The van der Waals surface area contributed by atoms with Gasteiger partial charge in [0, 0.05) is 17.8 Å². The molecule has 3 rings (SSSR count). The molecule has 0 aliphatic rings. The third-order valence-corrected chi connectivity index (χ3v) is 5.02. The summed E-state index contributed by atoms with van der Waals surface area (Å²) in [6.45, 7) is 2.33. The van der Waals surface area contributed by atoms with Crippen LogP contribution in [0, 0.1) is 5.82 Å². The molecule has 1 aromatic heterocycles. The quantitative estimate of drug-likeness (QED) is 0.484. The number of nitrogens with zero attached hydrogens (tertiary/aromatic N) is 4. The van der Waals surface area contributed by atoms with Crippen molar-refractivity contribution in [1.82, 2.24) is 14.9 Å². The van der Waals surface area contributed by atoms with Crippen LogP contribution in [0.25, 0.3) is 11.4 Å². The molecule has 0 fully saturated rings. The topological polar surface area (TPSA) is 86.3 Å². The van der Waals surface area contributed by atoms with Crippen molar-refractivity contribution >= 4 is 23.4 Å². The number of nitrogens with two attached hydrogens (primary N) is 1. The molecule has 0 atom stereocenters. The number of carbonyl (C=O) groups excluding carboxylic acids is 1. The van der Waals surface area contributed by atoms with E-state index in [-0.39, 0.29) is 17.5 Å². The molecule has 0 radical (unpaired) electrons. The lowest BCUT2D eigenvalue weighted by Crippen LogP contribution is -2.32. The Hall–Kier alpha value is -3.07. The second kappa shape index (κ2) is 8.75. The summed E-state index contributed by atoms with van der Waals surface area (Å²) in [4.78, 5) is 14.2. The van der Waals surface area contributed by atoms with Gasteiger partial charge < -0.3 is 15.5 Å². The summed E-state index contributed by atoms with van der Waals surface area (Å²) in [5.41, 5.74) is 1.43. The predicted molar refractivity (Wildman–Crippen MR) is 107 cm³/mol. The van der Waals surface area contributed by atoms with E-state index >= 15 is 0 Å². The van der Waals surface area contributed by atoms with Crippen molar-refractivity contribution in [2.45, 2.75) is 12.1 Å². The highest BCUT2D eigenvalue weighted by atomic mass is 32.2. The van der Waals surface area contributed by atoms with Gasteiger partial charge in [0.15, 0.2) is 5.82 Å². The minimum absolute atomic E-state index is 0.128. The highest BCUT2D eigenvalue weighted by Crippen LogP contribution is 2.24. The number of nitrogen functional groups attached to an aromatic ring is 1. The lowest BCUT2D eigenvalue weighted by molar-refractivity contribution is -0.116. The second-order valence-electron chi connectivity index (χ2n) is 5.81. The molecular weight excluding hydrogens is 381 g/mol. The molecule has 2 aromatic carbocycles. The Bertz CT molecular complexity index is 944. The van der Waals surface area contributed by atoms with Crippen molar-refractivity contribution in [3.8, 4) is 17.1 Å². The summed E-state index contributed by atoms with van der Waals surface area (Å²) in [6, 6.07) is 13.1. The molecule has 146 valence electrons. The number of anilines is 1. The fourth-order valence-electron chi connectivity index (χ4n) is 2.64. The van der Waals surface area contributed by atoms with Crippen LogP contribution in [0.3, 0.4) is 0 Å². The fourth-order valence-corrected chi connectivity index (χ4v) is 3.37. The number of halogens is 1. The van der Waals surface area contributed by atoms with Crippen LogP contribution in [0.2, 0.25) is 0 Å². The second-order valence-corrected chi connectivity index (χ2v) is 6.75. The van der Waals surface area contributed by atoms with Gasteiger partial charge in [-0.1, -0.05) is 11.8 Å². The average molecular weight is 401 g/mol. The van der Waals surface area contributed by atoms with Crippen LogP contribution in [0.4, 0.5) is 10.1 Å². The van der Waals surface area contributed by atoms with E-state index in [1.54, 1.807) is 24.1 Å². The van der Waals surface area contributed by atoms with E-state index in [9.17, 15) is 9.18 Å². The van der Waals surface area contributed by atoms with E-state index in [0.29, 0.717) is 23.2 Å². The number of benzene rings is 2. The lowest BCUT2D eigenvalue weighted by Gasteiger charge is -2.20. The van der Waals surface area contributed by atoms with Gasteiger partial charge >= 0.3 is 0 Å². The third kappa shape index (κ3) is 4.25. The van der Waals surface area contributed by atoms with Crippen molar-refractivity contribution in [2.75, 3.05) is 30.1 Å². The highest BCUT2D eigenvalue weighted by Gasteiger charge is 2.18. The highest BCUT2D eigenvalue weighted by molar-refractivity contribution is 7.99. The number of amides is 1. The SMILES string of the molecule is CCN(C(=O)CSc1nnc(-c2ccc(OC)cc2)n1N)c1ccc(F)cc1. The summed E-state index contributed by atoms with van der Waals surface area (Å²) in [5, 5.41) is 8.61. The average Bonchev–Trinajstić information content (AvgIpc) is 3.09. The number of carbonyl (C=O) groups is 1. The number of hydrogen-bond donors (Lipinski definition) is 1. The first kappa shape index (κ1) is 19.7. The zero-order valence-electron chi connectivity index (χ0n) is 15.5. The molecule has 0 bridgehead atoms. The van der Waals surface area contributed by atoms with E-state index in [1.807, 2.05) is 31.2 Å². The minimum Gasteiger partial charge on any atom is -0.497 e. The first-order valence-corrected chi connectivity index (χ1v) is 9.55.